The van der Waals surface area contributed by atoms with Crippen molar-refractivity contribution in [2.24, 2.45) is 0 Å². The number of anilines is 2. The number of hydrogen-bond donors (Lipinski definition) is 1. The molecule has 2 aromatic carbocycles. The van der Waals surface area contributed by atoms with E-state index in [-0.39, 0.29) is 19.0 Å². The van der Waals surface area contributed by atoms with Gasteiger partial charge >= 0.3 is 6.09 Å². The Hall–Kier alpha value is -3.51. The maximum atomic E-state index is 15.0. The van der Waals surface area contributed by atoms with Crippen molar-refractivity contribution in [2.45, 2.75) is 30.8 Å². The summed E-state index contributed by atoms with van der Waals surface area (Å²) in [7, 11) is 0. The molecule has 2 aliphatic heterocycles. The molecule has 176 valence electrons. The number of amides is 2. The first-order chi connectivity index (χ1) is 16.4. The number of piperidine rings is 1. The minimum Gasteiger partial charge on any atom is -0.442 e. The lowest BCUT2D eigenvalue weighted by molar-refractivity contribution is -0.119. The van der Waals surface area contributed by atoms with Gasteiger partial charge in [0.05, 0.1) is 31.0 Å². The van der Waals surface area contributed by atoms with Crippen LogP contribution in [0.4, 0.5) is 20.6 Å². The minimum atomic E-state index is -0.558. The van der Waals surface area contributed by atoms with Crippen LogP contribution in [0.5, 0.6) is 0 Å². The van der Waals surface area contributed by atoms with E-state index in [9.17, 15) is 9.59 Å². The molecule has 2 aromatic rings. The van der Waals surface area contributed by atoms with Crippen molar-refractivity contribution in [1.82, 2.24) is 5.32 Å². The molecule has 4 rings (SSSR count). The zero-order chi connectivity index (χ0) is 24.1. The second-order valence-corrected chi connectivity index (χ2v) is 9.17. The van der Waals surface area contributed by atoms with Gasteiger partial charge < -0.3 is 15.0 Å². The van der Waals surface area contributed by atoms with Gasteiger partial charge in [0.2, 0.25) is 10.9 Å². The molecule has 1 atom stereocenters. The molecule has 0 spiro atoms. The molecule has 2 amide bonds. The molecule has 1 N–H and O–H groups in total. The van der Waals surface area contributed by atoms with Crippen molar-refractivity contribution in [3.8, 4) is 0 Å². The quantitative estimate of drug-likeness (QED) is 0.475. The standard InChI is InChI=1S/C25H25FN4O3S/c1-17(31)28-15-20-16-30(25(32)33-20)19-8-9-23(22(26)14-19)29-12-10-18(11-13-29)24(27-2)34-21-6-4-3-5-7-21/h3-9,14,20H,10-13,15-16H2,1H3,(H,28,31)/t20-/m0/s1. The van der Waals surface area contributed by atoms with Gasteiger partial charge in [-0.25, -0.2) is 14.0 Å². The second kappa shape index (κ2) is 10.6. The van der Waals surface area contributed by atoms with Gasteiger partial charge in [0.15, 0.2) is 0 Å². The number of ether oxygens (including phenoxy) is 1. The van der Waals surface area contributed by atoms with Crippen molar-refractivity contribution in [1.29, 1.82) is 0 Å². The molecule has 34 heavy (non-hydrogen) atoms. The van der Waals surface area contributed by atoms with Crippen LogP contribution in [0.2, 0.25) is 0 Å². The van der Waals surface area contributed by atoms with Gasteiger partial charge in [-0.05, 0) is 43.2 Å². The third-order valence-corrected chi connectivity index (χ3v) is 6.85. The lowest BCUT2D eigenvalue weighted by atomic mass is 10.0. The molecule has 0 aromatic heterocycles. The maximum Gasteiger partial charge on any atom is 0.414 e. The first-order valence-corrected chi connectivity index (χ1v) is 11.9. The van der Waals surface area contributed by atoms with E-state index in [4.69, 9.17) is 11.3 Å². The fraction of sp³-hybridized carbons (Fsp3) is 0.320. The molecule has 2 saturated heterocycles. The lowest BCUT2D eigenvalue weighted by Gasteiger charge is -2.31. The fourth-order valence-electron chi connectivity index (χ4n) is 4.02. The average Bonchev–Trinajstić information content (AvgIpc) is 3.22. The number of carbonyl (C=O) groups excluding carboxylic acids is 2. The number of cyclic esters (lactones) is 1. The summed E-state index contributed by atoms with van der Waals surface area (Å²) >= 11 is 1.48. The van der Waals surface area contributed by atoms with Gasteiger partial charge in [0.1, 0.15) is 11.9 Å². The Morgan fingerprint density at radius 3 is 2.62 bits per heavy atom. The predicted octanol–water partition coefficient (Wildman–Crippen LogP) is 4.81. The largest absolute Gasteiger partial charge is 0.442 e. The van der Waals surface area contributed by atoms with Crippen LogP contribution in [0.15, 0.2) is 64.0 Å². The van der Waals surface area contributed by atoms with Crippen LogP contribution < -0.4 is 15.1 Å². The van der Waals surface area contributed by atoms with E-state index in [1.54, 1.807) is 12.1 Å². The molecule has 2 aliphatic rings. The average molecular weight is 481 g/mol. The van der Waals surface area contributed by atoms with Gasteiger partial charge in [0, 0.05) is 24.9 Å². The normalized spacial score (nSPS) is 17.9. The Bertz CT molecular complexity index is 1140. The first kappa shape index (κ1) is 23.6. The summed E-state index contributed by atoms with van der Waals surface area (Å²) in [5.41, 5.74) is 2.00. The van der Waals surface area contributed by atoms with Crippen LogP contribution in [0, 0.1) is 12.4 Å². The molecular formula is C25H25FN4O3S. The van der Waals surface area contributed by atoms with Crippen molar-refractivity contribution in [3.05, 3.63) is 76.4 Å². The van der Waals surface area contributed by atoms with E-state index in [0.717, 1.165) is 10.5 Å². The highest BCUT2D eigenvalue weighted by molar-refractivity contribution is 8.03. The molecule has 2 heterocycles. The maximum absolute atomic E-state index is 15.0. The van der Waals surface area contributed by atoms with E-state index in [1.807, 2.05) is 35.2 Å². The zero-order valence-electron chi connectivity index (χ0n) is 18.8. The molecular weight excluding hydrogens is 455 g/mol. The van der Waals surface area contributed by atoms with Gasteiger partial charge in [-0.15, -0.1) is 11.8 Å². The molecule has 7 nitrogen and oxygen atoms in total. The van der Waals surface area contributed by atoms with Gasteiger partial charge in [-0.3, -0.25) is 9.69 Å². The second-order valence-electron chi connectivity index (χ2n) is 8.11. The number of halogens is 1. The van der Waals surface area contributed by atoms with Gasteiger partial charge in [-0.2, -0.15) is 0 Å². The number of hydrogen-bond acceptors (Lipinski definition) is 5. The topological polar surface area (TPSA) is 66.2 Å². The number of benzene rings is 2. The molecule has 0 aliphatic carbocycles. The van der Waals surface area contributed by atoms with Crippen molar-refractivity contribution in [2.75, 3.05) is 36.0 Å². The van der Waals surface area contributed by atoms with Crippen LogP contribution in [0.3, 0.4) is 0 Å². The lowest BCUT2D eigenvalue weighted by Crippen LogP contribution is -2.33. The Balaban J connectivity index is 1.40. The molecule has 0 saturated carbocycles. The summed E-state index contributed by atoms with van der Waals surface area (Å²) in [4.78, 5) is 31.4. The summed E-state index contributed by atoms with van der Waals surface area (Å²) < 4.78 is 20.3. The smallest absolute Gasteiger partial charge is 0.414 e. The Morgan fingerprint density at radius 2 is 1.97 bits per heavy atom. The summed E-state index contributed by atoms with van der Waals surface area (Å²) in [6.45, 7) is 10.7. The zero-order valence-corrected chi connectivity index (χ0v) is 19.6. The van der Waals surface area contributed by atoms with Crippen LogP contribution in [0.25, 0.3) is 4.85 Å². The highest BCUT2D eigenvalue weighted by Gasteiger charge is 2.33. The molecule has 0 bridgehead atoms. The summed E-state index contributed by atoms with van der Waals surface area (Å²) in [6, 6.07) is 14.6. The Labute approximate surface area is 202 Å². The van der Waals surface area contributed by atoms with Gasteiger partial charge in [-0.1, -0.05) is 23.8 Å². The van der Waals surface area contributed by atoms with Crippen LogP contribution in [-0.2, 0) is 9.53 Å². The number of nitrogens with zero attached hydrogens (tertiary/aromatic N) is 3. The summed E-state index contributed by atoms with van der Waals surface area (Å²) in [5, 5.41) is 3.32. The molecule has 9 heteroatoms. The van der Waals surface area contributed by atoms with Crippen molar-refractivity contribution >= 4 is 35.1 Å². The molecule has 0 radical (unpaired) electrons. The SMILES string of the molecule is [C-]#[N+]C(Sc1ccccc1)=C1CCN(c2ccc(N3C[C@H](CNC(C)=O)OC3=O)cc2F)CC1. The van der Waals surface area contributed by atoms with E-state index in [2.05, 4.69) is 10.2 Å². The fourth-order valence-corrected chi connectivity index (χ4v) is 4.93. The predicted molar refractivity (Wildman–Crippen MR) is 130 cm³/mol. The Morgan fingerprint density at radius 1 is 1.24 bits per heavy atom. The third kappa shape index (κ3) is 5.51. The van der Waals surface area contributed by atoms with Crippen LogP contribution in [0.1, 0.15) is 19.8 Å². The summed E-state index contributed by atoms with van der Waals surface area (Å²) in [6.07, 6.45) is 0.360. The summed E-state index contributed by atoms with van der Waals surface area (Å²) in [5.74, 6) is -0.612. The van der Waals surface area contributed by atoms with Crippen molar-refractivity contribution in [3.63, 3.8) is 0 Å². The number of rotatable bonds is 6. The van der Waals surface area contributed by atoms with Crippen molar-refractivity contribution < 1.29 is 18.7 Å². The monoisotopic (exact) mass is 480 g/mol. The minimum absolute atomic E-state index is 0.202. The van der Waals surface area contributed by atoms with E-state index in [0.29, 0.717) is 42.3 Å². The first-order valence-electron chi connectivity index (χ1n) is 11.0. The van der Waals surface area contributed by atoms with Crippen LogP contribution >= 0.6 is 11.8 Å². The van der Waals surface area contributed by atoms with E-state index < -0.39 is 18.0 Å². The van der Waals surface area contributed by atoms with Gasteiger partial charge in [0.25, 0.3) is 0 Å². The highest BCUT2D eigenvalue weighted by atomic mass is 32.2. The molecule has 2 fully saturated rings. The van der Waals surface area contributed by atoms with Crippen LogP contribution in [-0.4, -0.2) is 44.3 Å². The number of nitrogens with one attached hydrogen (secondary N) is 1. The Kier molecular flexibility index (Phi) is 7.38. The molecule has 0 unspecified atom stereocenters. The van der Waals surface area contributed by atoms with E-state index in [1.165, 1.54) is 29.7 Å². The van der Waals surface area contributed by atoms with E-state index >= 15 is 4.39 Å². The number of carbonyl (C=O) groups is 2. The third-order valence-electron chi connectivity index (χ3n) is 5.77. The number of thioether (sulfide) groups is 1. The highest BCUT2D eigenvalue weighted by Crippen LogP contribution is 2.35.